The number of nitrogens with zero attached hydrogens (tertiary/aromatic N) is 3. The number of rotatable bonds is 10. The zero-order chi connectivity index (χ0) is 23.8. The summed E-state index contributed by atoms with van der Waals surface area (Å²) < 4.78 is 33.0. The molecule has 1 heterocycles. The van der Waals surface area contributed by atoms with Gasteiger partial charge in [-0.15, -0.1) is 0 Å². The monoisotopic (exact) mass is 494 g/mol. The van der Waals surface area contributed by atoms with Crippen molar-refractivity contribution in [1.29, 1.82) is 0 Å². The highest BCUT2D eigenvalue weighted by atomic mass is 35.5. The second kappa shape index (κ2) is 11.7. The number of benzene rings is 2. The maximum Gasteiger partial charge on any atom is 0.264 e. The fraction of sp³-hybridized carbons (Fsp3) is 0.435. The average molecular weight is 495 g/mol. The highest BCUT2D eigenvalue weighted by Gasteiger charge is 2.27. The van der Waals surface area contributed by atoms with Crippen LogP contribution in [0.5, 0.6) is 5.75 Å². The molecule has 1 aliphatic rings. The first-order valence-electron chi connectivity index (χ1n) is 10.9. The van der Waals surface area contributed by atoms with E-state index in [0.29, 0.717) is 23.0 Å². The van der Waals surface area contributed by atoms with E-state index in [2.05, 4.69) is 22.2 Å². The van der Waals surface area contributed by atoms with Crippen molar-refractivity contribution in [2.75, 3.05) is 64.3 Å². The molecule has 1 saturated heterocycles. The number of carbonyl (C=O) groups is 1. The maximum absolute atomic E-state index is 13.4. The third-order valence-corrected chi connectivity index (χ3v) is 7.62. The van der Waals surface area contributed by atoms with Gasteiger partial charge in [0.05, 0.1) is 17.7 Å². The SMILES string of the molecule is COc1ccc(S(=O)(=O)N(CC(=O)NCCCN2CCN(C)CC2)c2cccc(Cl)c2)cc1. The summed E-state index contributed by atoms with van der Waals surface area (Å²) in [5.41, 5.74) is 0.325. The van der Waals surface area contributed by atoms with Crippen LogP contribution < -0.4 is 14.4 Å². The first kappa shape index (κ1) is 25.3. The highest BCUT2D eigenvalue weighted by Crippen LogP contribution is 2.27. The Morgan fingerprint density at radius 3 is 2.45 bits per heavy atom. The molecule has 180 valence electrons. The second-order valence-corrected chi connectivity index (χ2v) is 10.3. The lowest BCUT2D eigenvalue weighted by atomic mass is 10.3. The Labute approximate surface area is 201 Å². The number of ether oxygens (including phenoxy) is 1. The summed E-state index contributed by atoms with van der Waals surface area (Å²) in [4.78, 5) is 17.4. The van der Waals surface area contributed by atoms with Crippen LogP contribution in [0.1, 0.15) is 6.42 Å². The van der Waals surface area contributed by atoms with Crippen molar-refractivity contribution < 1.29 is 17.9 Å². The number of carbonyl (C=O) groups excluding carboxylic acids is 1. The molecule has 33 heavy (non-hydrogen) atoms. The Balaban J connectivity index is 1.66. The lowest BCUT2D eigenvalue weighted by Gasteiger charge is -2.32. The Morgan fingerprint density at radius 1 is 1.12 bits per heavy atom. The number of hydrogen-bond donors (Lipinski definition) is 1. The largest absolute Gasteiger partial charge is 0.497 e. The van der Waals surface area contributed by atoms with E-state index in [-0.39, 0.29) is 17.3 Å². The summed E-state index contributed by atoms with van der Waals surface area (Å²) in [7, 11) is -0.374. The molecular weight excluding hydrogens is 464 g/mol. The van der Waals surface area contributed by atoms with Gasteiger partial charge in [-0.3, -0.25) is 9.10 Å². The number of hydrogen-bond acceptors (Lipinski definition) is 6. The van der Waals surface area contributed by atoms with Crippen LogP contribution in [-0.2, 0) is 14.8 Å². The van der Waals surface area contributed by atoms with Crippen LogP contribution in [0, 0.1) is 0 Å². The third-order valence-electron chi connectivity index (χ3n) is 5.60. The van der Waals surface area contributed by atoms with E-state index in [1.54, 1.807) is 30.3 Å². The quantitative estimate of drug-likeness (QED) is 0.510. The molecule has 1 amide bonds. The Bertz CT molecular complexity index is 1030. The van der Waals surface area contributed by atoms with Crippen LogP contribution in [0.25, 0.3) is 0 Å². The summed E-state index contributed by atoms with van der Waals surface area (Å²) in [5, 5.41) is 3.24. The van der Waals surface area contributed by atoms with Crippen LogP contribution in [-0.4, -0.2) is 84.1 Å². The number of likely N-dealkylation sites (N-methyl/N-ethyl adjacent to an activating group) is 1. The molecule has 0 saturated carbocycles. The minimum atomic E-state index is -4.00. The van der Waals surface area contributed by atoms with Crippen molar-refractivity contribution in [3.8, 4) is 5.75 Å². The zero-order valence-electron chi connectivity index (χ0n) is 19.0. The van der Waals surface area contributed by atoms with Crippen molar-refractivity contribution in [2.24, 2.45) is 0 Å². The van der Waals surface area contributed by atoms with Gasteiger partial charge in [0, 0.05) is 37.7 Å². The van der Waals surface area contributed by atoms with E-state index in [9.17, 15) is 13.2 Å². The highest BCUT2D eigenvalue weighted by molar-refractivity contribution is 7.92. The van der Waals surface area contributed by atoms with Crippen molar-refractivity contribution in [2.45, 2.75) is 11.3 Å². The molecule has 2 aromatic rings. The van der Waals surface area contributed by atoms with Gasteiger partial charge in [0.15, 0.2) is 0 Å². The average Bonchev–Trinajstić information content (AvgIpc) is 2.81. The molecule has 0 aromatic heterocycles. The van der Waals surface area contributed by atoms with E-state index >= 15 is 0 Å². The minimum absolute atomic E-state index is 0.0612. The molecule has 8 nitrogen and oxygen atoms in total. The smallest absolute Gasteiger partial charge is 0.264 e. The standard InChI is InChI=1S/C23H31ClN4O4S/c1-26-13-15-27(16-14-26)12-4-11-25-23(29)18-28(20-6-3-5-19(24)17-20)33(30,31)22-9-7-21(32-2)8-10-22/h3,5-10,17H,4,11-16,18H2,1-2H3,(H,25,29). The van der Waals surface area contributed by atoms with E-state index < -0.39 is 10.0 Å². The summed E-state index contributed by atoms with van der Waals surface area (Å²) in [6.07, 6.45) is 0.803. The first-order valence-corrected chi connectivity index (χ1v) is 12.7. The number of anilines is 1. The molecule has 0 unspecified atom stereocenters. The lowest BCUT2D eigenvalue weighted by Crippen LogP contribution is -2.45. The Hall–Kier alpha value is -2.33. The fourth-order valence-corrected chi connectivity index (χ4v) is 5.21. The predicted octanol–water partition coefficient (Wildman–Crippen LogP) is 2.30. The van der Waals surface area contributed by atoms with Crippen molar-refractivity contribution in [3.05, 3.63) is 53.6 Å². The number of methoxy groups -OCH3 is 1. The molecule has 0 bridgehead atoms. The van der Waals surface area contributed by atoms with Crippen LogP contribution in [0.4, 0.5) is 5.69 Å². The maximum atomic E-state index is 13.4. The first-order chi connectivity index (χ1) is 15.8. The number of piperazine rings is 1. The van der Waals surface area contributed by atoms with E-state index in [1.807, 2.05) is 0 Å². The van der Waals surface area contributed by atoms with Gasteiger partial charge < -0.3 is 19.9 Å². The molecule has 1 N–H and O–H groups in total. The summed E-state index contributed by atoms with van der Waals surface area (Å²) >= 11 is 6.10. The third kappa shape index (κ3) is 7.07. The van der Waals surface area contributed by atoms with Crippen molar-refractivity contribution >= 4 is 33.2 Å². The van der Waals surface area contributed by atoms with Gasteiger partial charge >= 0.3 is 0 Å². The molecule has 10 heteroatoms. The van der Waals surface area contributed by atoms with Crippen LogP contribution in [0.2, 0.25) is 5.02 Å². The lowest BCUT2D eigenvalue weighted by molar-refractivity contribution is -0.119. The van der Waals surface area contributed by atoms with Gasteiger partial charge in [-0.1, -0.05) is 17.7 Å². The van der Waals surface area contributed by atoms with Gasteiger partial charge in [0.25, 0.3) is 10.0 Å². The van der Waals surface area contributed by atoms with E-state index in [0.717, 1.165) is 43.4 Å². The predicted molar refractivity (Wildman–Crippen MR) is 131 cm³/mol. The molecule has 1 fully saturated rings. The van der Waals surface area contributed by atoms with Crippen molar-refractivity contribution in [3.63, 3.8) is 0 Å². The molecular formula is C23H31ClN4O4S. The fourth-order valence-electron chi connectivity index (χ4n) is 3.61. The Kier molecular flexibility index (Phi) is 8.96. The number of nitrogens with one attached hydrogen (secondary N) is 1. The Morgan fingerprint density at radius 2 is 1.82 bits per heavy atom. The molecule has 1 aliphatic heterocycles. The number of amides is 1. The van der Waals surface area contributed by atoms with Gasteiger partial charge in [-0.2, -0.15) is 0 Å². The molecule has 2 aromatic carbocycles. The van der Waals surface area contributed by atoms with Crippen LogP contribution in [0.3, 0.4) is 0 Å². The summed E-state index contributed by atoms with van der Waals surface area (Å²) in [5.74, 6) is 0.173. The van der Waals surface area contributed by atoms with Crippen LogP contribution in [0.15, 0.2) is 53.4 Å². The van der Waals surface area contributed by atoms with Gasteiger partial charge in [0.2, 0.25) is 5.91 Å². The van der Waals surface area contributed by atoms with Crippen molar-refractivity contribution in [1.82, 2.24) is 15.1 Å². The number of halogens is 1. The summed E-state index contributed by atoms with van der Waals surface area (Å²) in [6.45, 7) is 5.17. The number of sulfonamides is 1. The van der Waals surface area contributed by atoms with Gasteiger partial charge in [-0.05, 0) is 62.5 Å². The van der Waals surface area contributed by atoms with Gasteiger partial charge in [-0.25, -0.2) is 8.42 Å². The zero-order valence-corrected chi connectivity index (χ0v) is 20.6. The topological polar surface area (TPSA) is 82.2 Å². The molecule has 3 rings (SSSR count). The molecule has 0 spiro atoms. The van der Waals surface area contributed by atoms with E-state index in [1.165, 1.54) is 25.3 Å². The molecule has 0 atom stereocenters. The summed E-state index contributed by atoms with van der Waals surface area (Å²) in [6, 6.07) is 12.5. The van der Waals surface area contributed by atoms with Crippen LogP contribution >= 0.6 is 11.6 Å². The molecule has 0 radical (unpaired) electrons. The normalized spacial score (nSPS) is 15.2. The molecule has 0 aliphatic carbocycles. The van der Waals surface area contributed by atoms with E-state index in [4.69, 9.17) is 16.3 Å². The van der Waals surface area contributed by atoms with Gasteiger partial charge in [0.1, 0.15) is 12.3 Å². The minimum Gasteiger partial charge on any atom is -0.497 e. The second-order valence-electron chi connectivity index (χ2n) is 8.02.